The van der Waals surface area contributed by atoms with Crippen molar-refractivity contribution in [3.8, 4) is 0 Å². The minimum atomic E-state index is -0.0818. The lowest BCUT2D eigenvalue weighted by atomic mass is 9.75. The lowest BCUT2D eigenvalue weighted by molar-refractivity contribution is -0.149. The summed E-state index contributed by atoms with van der Waals surface area (Å²) in [5.41, 5.74) is 1.29. The van der Waals surface area contributed by atoms with Crippen LogP contribution >= 0.6 is 0 Å². The Bertz CT molecular complexity index is 278. The zero-order valence-electron chi connectivity index (χ0n) is 9.82. The number of hydrogen-bond acceptors (Lipinski definition) is 2. The Morgan fingerprint density at radius 2 is 2.33 bits per heavy atom. The van der Waals surface area contributed by atoms with Crippen LogP contribution in [0.25, 0.3) is 0 Å². The van der Waals surface area contributed by atoms with Gasteiger partial charge in [0.25, 0.3) is 0 Å². The lowest BCUT2D eigenvalue weighted by Gasteiger charge is -2.30. The Morgan fingerprint density at radius 1 is 1.67 bits per heavy atom. The van der Waals surface area contributed by atoms with Crippen LogP contribution in [0.1, 0.15) is 27.2 Å². The molecule has 3 atom stereocenters. The summed E-state index contributed by atoms with van der Waals surface area (Å²) in [6.45, 7) is 10.2. The van der Waals surface area contributed by atoms with Gasteiger partial charge in [0, 0.05) is 0 Å². The number of esters is 1. The van der Waals surface area contributed by atoms with Gasteiger partial charge in [0.2, 0.25) is 0 Å². The first-order valence-electron chi connectivity index (χ1n) is 5.51. The van der Waals surface area contributed by atoms with Crippen LogP contribution in [0, 0.1) is 17.8 Å². The molecule has 15 heavy (non-hydrogen) atoms. The highest BCUT2D eigenvalue weighted by Gasteiger charge is 2.32. The Kier molecular flexibility index (Phi) is 4.13. The second kappa shape index (κ2) is 5.15. The number of ether oxygens (including phenoxy) is 1. The van der Waals surface area contributed by atoms with E-state index >= 15 is 0 Å². The van der Waals surface area contributed by atoms with Gasteiger partial charge in [-0.25, -0.2) is 0 Å². The minimum absolute atomic E-state index is 0.0185. The molecule has 0 aromatic carbocycles. The largest absolute Gasteiger partial charge is 0.461 e. The van der Waals surface area contributed by atoms with Crippen molar-refractivity contribution in [2.75, 3.05) is 6.61 Å². The molecule has 84 valence electrons. The average molecular weight is 208 g/mol. The Morgan fingerprint density at radius 3 is 2.93 bits per heavy atom. The van der Waals surface area contributed by atoms with E-state index in [4.69, 9.17) is 4.74 Å². The molecule has 2 nitrogen and oxygen atoms in total. The zero-order chi connectivity index (χ0) is 11.4. The number of hydrogen-bond donors (Lipinski definition) is 0. The molecule has 1 aliphatic rings. The van der Waals surface area contributed by atoms with E-state index in [2.05, 4.69) is 33.4 Å². The van der Waals surface area contributed by atoms with Crippen molar-refractivity contribution >= 4 is 5.97 Å². The van der Waals surface area contributed by atoms with Crippen LogP contribution in [0.2, 0.25) is 0 Å². The van der Waals surface area contributed by atoms with E-state index in [-0.39, 0.29) is 11.9 Å². The van der Waals surface area contributed by atoms with E-state index in [1.54, 1.807) is 6.08 Å². The third-order valence-corrected chi connectivity index (χ3v) is 3.20. The first-order chi connectivity index (χ1) is 7.06. The van der Waals surface area contributed by atoms with Gasteiger partial charge >= 0.3 is 5.97 Å². The molecule has 0 fully saturated rings. The fourth-order valence-corrected chi connectivity index (χ4v) is 2.11. The molecule has 0 N–H and O–H groups in total. The first-order valence-corrected chi connectivity index (χ1v) is 5.51. The van der Waals surface area contributed by atoms with Gasteiger partial charge in [-0.1, -0.05) is 38.2 Å². The van der Waals surface area contributed by atoms with Gasteiger partial charge in [-0.3, -0.25) is 4.79 Å². The van der Waals surface area contributed by atoms with E-state index in [0.29, 0.717) is 18.4 Å². The summed E-state index contributed by atoms with van der Waals surface area (Å²) in [5.74, 6) is 0.762. The van der Waals surface area contributed by atoms with Crippen molar-refractivity contribution in [2.24, 2.45) is 17.8 Å². The van der Waals surface area contributed by atoms with Crippen LogP contribution in [0.3, 0.4) is 0 Å². The molecule has 1 rings (SSSR count). The van der Waals surface area contributed by atoms with E-state index in [0.717, 1.165) is 6.42 Å². The molecule has 0 radical (unpaired) electrons. The van der Waals surface area contributed by atoms with Crippen LogP contribution in [0.15, 0.2) is 24.3 Å². The Hall–Kier alpha value is -1.05. The predicted molar refractivity (Wildman–Crippen MR) is 61.3 cm³/mol. The fraction of sp³-hybridized carbons (Fsp3) is 0.615. The number of rotatable bonds is 3. The summed E-state index contributed by atoms with van der Waals surface area (Å²) in [6, 6.07) is 0. The first kappa shape index (κ1) is 12.0. The van der Waals surface area contributed by atoms with Crippen molar-refractivity contribution in [1.29, 1.82) is 0 Å². The highest BCUT2D eigenvalue weighted by molar-refractivity contribution is 5.73. The van der Waals surface area contributed by atoms with Crippen molar-refractivity contribution in [1.82, 2.24) is 0 Å². The SMILES string of the molecule is C=CCOC(=O)[C@H]1CC(C)=C[C@H](C)[C@H]1C. The molecule has 0 unspecified atom stereocenters. The topological polar surface area (TPSA) is 26.3 Å². The molecule has 1 aliphatic carbocycles. The second-order valence-corrected chi connectivity index (χ2v) is 4.46. The maximum Gasteiger partial charge on any atom is 0.309 e. The minimum Gasteiger partial charge on any atom is -0.461 e. The Balaban J connectivity index is 2.65. The standard InChI is InChI=1S/C13H20O2/c1-5-6-15-13(14)12-8-9(2)7-10(3)11(12)4/h5,7,10-12H,1,6,8H2,2-4H3/t10-,11+,12-/m0/s1. The third kappa shape index (κ3) is 2.95. The van der Waals surface area contributed by atoms with Crippen LogP contribution in [-0.4, -0.2) is 12.6 Å². The van der Waals surface area contributed by atoms with E-state index in [1.807, 2.05) is 0 Å². The summed E-state index contributed by atoms with van der Waals surface area (Å²) in [7, 11) is 0. The molecule has 0 aliphatic heterocycles. The van der Waals surface area contributed by atoms with Crippen LogP contribution in [-0.2, 0) is 9.53 Å². The van der Waals surface area contributed by atoms with Crippen molar-refractivity contribution in [3.63, 3.8) is 0 Å². The molecule has 0 saturated carbocycles. The summed E-state index contributed by atoms with van der Waals surface area (Å²) >= 11 is 0. The number of carbonyl (C=O) groups excluding carboxylic acids is 1. The van der Waals surface area contributed by atoms with Gasteiger partial charge in [-0.15, -0.1) is 0 Å². The number of carbonyl (C=O) groups is 1. The maximum absolute atomic E-state index is 11.8. The van der Waals surface area contributed by atoms with Gasteiger partial charge in [-0.05, 0) is 25.2 Å². The molecule has 0 aromatic rings. The third-order valence-electron chi connectivity index (χ3n) is 3.20. The molecule has 0 spiro atoms. The normalized spacial score (nSPS) is 30.6. The van der Waals surface area contributed by atoms with Crippen LogP contribution < -0.4 is 0 Å². The van der Waals surface area contributed by atoms with Crippen LogP contribution in [0.4, 0.5) is 0 Å². The molecule has 0 saturated heterocycles. The molecule has 2 heteroatoms. The monoisotopic (exact) mass is 208 g/mol. The molecule has 0 aromatic heterocycles. The van der Waals surface area contributed by atoms with Gasteiger partial charge in [-0.2, -0.15) is 0 Å². The maximum atomic E-state index is 11.8. The summed E-state index contributed by atoms with van der Waals surface area (Å²) in [4.78, 5) is 11.8. The predicted octanol–water partition coefficient (Wildman–Crippen LogP) is 2.95. The molecule has 0 heterocycles. The summed E-state index contributed by atoms with van der Waals surface area (Å²) in [5, 5.41) is 0. The second-order valence-electron chi connectivity index (χ2n) is 4.46. The highest BCUT2D eigenvalue weighted by Crippen LogP contribution is 2.34. The highest BCUT2D eigenvalue weighted by atomic mass is 16.5. The average Bonchev–Trinajstić information content (AvgIpc) is 2.19. The van der Waals surface area contributed by atoms with Crippen LogP contribution in [0.5, 0.6) is 0 Å². The Labute approximate surface area is 92.0 Å². The summed E-state index contributed by atoms with van der Waals surface area (Å²) < 4.78 is 5.11. The zero-order valence-corrected chi connectivity index (χ0v) is 9.82. The number of allylic oxidation sites excluding steroid dienone is 2. The fourth-order valence-electron chi connectivity index (χ4n) is 2.11. The van der Waals surface area contributed by atoms with Gasteiger partial charge in [0.05, 0.1) is 5.92 Å². The van der Waals surface area contributed by atoms with E-state index in [1.165, 1.54) is 5.57 Å². The van der Waals surface area contributed by atoms with Crippen molar-refractivity contribution < 1.29 is 9.53 Å². The van der Waals surface area contributed by atoms with Gasteiger partial charge in [0.15, 0.2) is 0 Å². The quantitative estimate of drug-likeness (QED) is 0.526. The van der Waals surface area contributed by atoms with Crippen molar-refractivity contribution in [2.45, 2.75) is 27.2 Å². The van der Waals surface area contributed by atoms with Crippen molar-refractivity contribution in [3.05, 3.63) is 24.3 Å². The van der Waals surface area contributed by atoms with E-state index in [9.17, 15) is 4.79 Å². The molecule has 0 amide bonds. The van der Waals surface area contributed by atoms with Gasteiger partial charge in [0.1, 0.15) is 6.61 Å². The van der Waals surface area contributed by atoms with E-state index < -0.39 is 0 Å². The van der Waals surface area contributed by atoms with Gasteiger partial charge < -0.3 is 4.74 Å². The summed E-state index contributed by atoms with van der Waals surface area (Å²) in [6.07, 6.45) is 4.70. The lowest BCUT2D eigenvalue weighted by Crippen LogP contribution is -2.30. The molecular formula is C13H20O2. The molecule has 0 bridgehead atoms. The molecular weight excluding hydrogens is 188 g/mol. The smallest absolute Gasteiger partial charge is 0.309 e.